The van der Waals surface area contributed by atoms with Crippen molar-refractivity contribution in [2.75, 3.05) is 39.8 Å². The topological polar surface area (TPSA) is 64.1 Å². The molecule has 6 nitrogen and oxygen atoms in total. The Labute approximate surface area is 114 Å². The van der Waals surface area contributed by atoms with Crippen molar-refractivity contribution in [2.24, 2.45) is 0 Å². The van der Waals surface area contributed by atoms with Crippen LogP contribution < -0.4 is 0 Å². The molecule has 0 aromatic rings. The van der Waals surface area contributed by atoms with E-state index < -0.39 is 5.97 Å². The van der Waals surface area contributed by atoms with Crippen LogP contribution in [0.3, 0.4) is 0 Å². The number of nitrogens with zero attached hydrogens (tertiary/aromatic N) is 3. The summed E-state index contributed by atoms with van der Waals surface area (Å²) in [6.45, 7) is 3.13. The van der Waals surface area contributed by atoms with Gasteiger partial charge in [-0.05, 0) is 39.3 Å². The second-order valence-corrected chi connectivity index (χ2v) is 5.56. The Morgan fingerprint density at radius 1 is 1.21 bits per heavy atom. The van der Waals surface area contributed by atoms with Crippen LogP contribution in [-0.4, -0.2) is 77.6 Å². The van der Waals surface area contributed by atoms with Crippen molar-refractivity contribution < 1.29 is 14.7 Å². The third-order valence-corrected chi connectivity index (χ3v) is 3.97. The minimum absolute atomic E-state index is 0.0305. The number of urea groups is 1. The lowest BCUT2D eigenvalue weighted by molar-refractivity contribution is -0.138. The van der Waals surface area contributed by atoms with Crippen LogP contribution in [0.1, 0.15) is 25.7 Å². The minimum atomic E-state index is -0.930. The number of hydrogen-bond donors (Lipinski definition) is 1. The molecule has 2 saturated heterocycles. The quantitative estimate of drug-likeness (QED) is 0.818. The van der Waals surface area contributed by atoms with Crippen LogP contribution in [0.25, 0.3) is 0 Å². The fourth-order valence-corrected chi connectivity index (χ4v) is 2.98. The number of likely N-dealkylation sites (N-methyl/N-ethyl adjacent to an activating group) is 1. The lowest BCUT2D eigenvalue weighted by atomic mass is 10.0. The number of carbonyl (C=O) groups excluding carboxylic acids is 1. The van der Waals surface area contributed by atoms with Crippen molar-refractivity contribution in [3.63, 3.8) is 0 Å². The van der Waals surface area contributed by atoms with Crippen LogP contribution in [0.5, 0.6) is 0 Å². The minimum Gasteiger partial charge on any atom is -0.480 e. The first kappa shape index (κ1) is 14.1. The van der Waals surface area contributed by atoms with Crippen molar-refractivity contribution in [1.29, 1.82) is 0 Å². The van der Waals surface area contributed by atoms with Crippen LogP contribution in [0.4, 0.5) is 4.79 Å². The van der Waals surface area contributed by atoms with Crippen LogP contribution in [0.15, 0.2) is 0 Å². The Hall–Kier alpha value is -1.30. The molecule has 2 heterocycles. The standard InChI is InChI=1S/C13H23N3O3/c1-14-6-4-5-11(9-14)16(10-12(17)18)13(19)15-7-2-3-8-15/h11H,2-10H2,1H3,(H,17,18)/t11-/m0/s1. The molecule has 0 aromatic carbocycles. The molecule has 0 aliphatic carbocycles. The van der Waals surface area contributed by atoms with Crippen LogP contribution in [0, 0.1) is 0 Å². The number of aliphatic carboxylic acids is 1. The average Bonchev–Trinajstić information content (AvgIpc) is 2.88. The zero-order valence-corrected chi connectivity index (χ0v) is 11.5. The molecule has 0 radical (unpaired) electrons. The number of carboxylic acids is 1. The first-order valence-corrected chi connectivity index (χ1v) is 7.04. The average molecular weight is 269 g/mol. The maximum absolute atomic E-state index is 12.5. The lowest BCUT2D eigenvalue weighted by Crippen LogP contribution is -2.54. The Kier molecular flexibility index (Phi) is 4.63. The predicted molar refractivity (Wildman–Crippen MR) is 71.1 cm³/mol. The van der Waals surface area contributed by atoms with Crippen molar-refractivity contribution >= 4 is 12.0 Å². The van der Waals surface area contributed by atoms with Gasteiger partial charge >= 0.3 is 12.0 Å². The van der Waals surface area contributed by atoms with Gasteiger partial charge in [-0.15, -0.1) is 0 Å². The van der Waals surface area contributed by atoms with Gasteiger partial charge in [-0.3, -0.25) is 4.79 Å². The summed E-state index contributed by atoms with van der Waals surface area (Å²) in [7, 11) is 2.02. The van der Waals surface area contributed by atoms with Crippen molar-refractivity contribution in [1.82, 2.24) is 14.7 Å². The van der Waals surface area contributed by atoms with Crippen LogP contribution >= 0.6 is 0 Å². The van der Waals surface area contributed by atoms with E-state index in [1.54, 1.807) is 9.80 Å². The van der Waals surface area contributed by atoms with E-state index in [1.807, 2.05) is 7.05 Å². The van der Waals surface area contributed by atoms with Crippen molar-refractivity contribution in [3.05, 3.63) is 0 Å². The lowest BCUT2D eigenvalue weighted by Gasteiger charge is -2.38. The van der Waals surface area contributed by atoms with Gasteiger partial charge in [0.15, 0.2) is 0 Å². The summed E-state index contributed by atoms with van der Waals surface area (Å²) in [4.78, 5) is 29.0. The number of hydrogen-bond acceptors (Lipinski definition) is 3. The van der Waals surface area contributed by atoms with E-state index in [0.29, 0.717) is 0 Å². The fourth-order valence-electron chi connectivity index (χ4n) is 2.98. The molecule has 108 valence electrons. The highest BCUT2D eigenvalue weighted by Gasteiger charge is 2.32. The van der Waals surface area contributed by atoms with Gasteiger partial charge < -0.3 is 19.8 Å². The fraction of sp³-hybridized carbons (Fsp3) is 0.846. The van der Waals surface area contributed by atoms with E-state index >= 15 is 0 Å². The van der Waals surface area contributed by atoms with Crippen molar-refractivity contribution in [2.45, 2.75) is 31.7 Å². The van der Waals surface area contributed by atoms with E-state index in [0.717, 1.165) is 51.9 Å². The highest BCUT2D eigenvalue weighted by Crippen LogP contribution is 2.18. The van der Waals surface area contributed by atoms with Gasteiger partial charge in [-0.2, -0.15) is 0 Å². The molecule has 0 aromatic heterocycles. The molecular formula is C13H23N3O3. The number of likely N-dealkylation sites (tertiary alicyclic amines) is 2. The molecule has 19 heavy (non-hydrogen) atoms. The molecule has 6 heteroatoms. The molecular weight excluding hydrogens is 246 g/mol. The molecule has 1 atom stereocenters. The zero-order chi connectivity index (χ0) is 13.8. The number of rotatable bonds is 3. The third kappa shape index (κ3) is 3.59. The van der Waals surface area contributed by atoms with Gasteiger partial charge in [-0.25, -0.2) is 4.79 Å². The Balaban J connectivity index is 2.05. The van der Waals surface area contributed by atoms with E-state index in [1.165, 1.54) is 0 Å². The molecule has 2 fully saturated rings. The molecule has 0 unspecified atom stereocenters. The summed E-state index contributed by atoms with van der Waals surface area (Å²) in [5.74, 6) is -0.930. The highest BCUT2D eigenvalue weighted by atomic mass is 16.4. The second-order valence-electron chi connectivity index (χ2n) is 5.56. The smallest absolute Gasteiger partial charge is 0.323 e. The zero-order valence-electron chi connectivity index (χ0n) is 11.5. The monoisotopic (exact) mass is 269 g/mol. The van der Waals surface area contributed by atoms with Gasteiger partial charge in [0.2, 0.25) is 0 Å². The highest BCUT2D eigenvalue weighted by molar-refractivity contribution is 5.80. The summed E-state index contributed by atoms with van der Waals surface area (Å²) < 4.78 is 0. The largest absolute Gasteiger partial charge is 0.480 e. The van der Waals surface area contributed by atoms with E-state index in [4.69, 9.17) is 5.11 Å². The van der Waals surface area contributed by atoms with Gasteiger partial charge in [0.1, 0.15) is 6.54 Å². The van der Waals surface area contributed by atoms with E-state index in [9.17, 15) is 9.59 Å². The van der Waals surface area contributed by atoms with Crippen LogP contribution in [0.2, 0.25) is 0 Å². The first-order chi connectivity index (χ1) is 9.08. The number of amides is 2. The van der Waals surface area contributed by atoms with Crippen LogP contribution in [-0.2, 0) is 4.79 Å². The maximum atomic E-state index is 12.5. The Morgan fingerprint density at radius 3 is 2.47 bits per heavy atom. The van der Waals surface area contributed by atoms with Gasteiger partial charge in [0.25, 0.3) is 0 Å². The molecule has 0 bridgehead atoms. The van der Waals surface area contributed by atoms with Crippen molar-refractivity contribution in [3.8, 4) is 0 Å². The third-order valence-electron chi connectivity index (χ3n) is 3.97. The number of piperidine rings is 1. The maximum Gasteiger partial charge on any atom is 0.323 e. The van der Waals surface area contributed by atoms with E-state index in [2.05, 4.69) is 4.90 Å². The van der Waals surface area contributed by atoms with E-state index in [-0.39, 0.29) is 18.6 Å². The van der Waals surface area contributed by atoms with Gasteiger partial charge in [0, 0.05) is 25.7 Å². The molecule has 2 aliphatic rings. The summed E-state index contributed by atoms with van der Waals surface area (Å²) in [6.07, 6.45) is 3.97. The summed E-state index contributed by atoms with van der Waals surface area (Å²) >= 11 is 0. The Morgan fingerprint density at radius 2 is 1.89 bits per heavy atom. The summed E-state index contributed by atoms with van der Waals surface area (Å²) in [5.41, 5.74) is 0. The number of carboxylic acid groups (broad SMARTS) is 1. The molecule has 2 aliphatic heterocycles. The first-order valence-electron chi connectivity index (χ1n) is 7.04. The number of carbonyl (C=O) groups is 2. The SMILES string of the molecule is CN1CCC[C@H](N(CC(=O)O)C(=O)N2CCCC2)C1. The second kappa shape index (κ2) is 6.23. The molecule has 1 N–H and O–H groups in total. The summed E-state index contributed by atoms with van der Waals surface area (Å²) in [6, 6.07) is -0.0665. The predicted octanol–water partition coefficient (Wildman–Crippen LogP) is 0.683. The molecule has 0 saturated carbocycles. The molecule has 2 rings (SSSR count). The van der Waals surface area contributed by atoms with Gasteiger partial charge in [-0.1, -0.05) is 0 Å². The Bertz CT molecular complexity index is 342. The summed E-state index contributed by atoms with van der Waals surface area (Å²) in [5, 5.41) is 9.05. The molecule has 0 spiro atoms. The van der Waals surface area contributed by atoms with Gasteiger partial charge in [0.05, 0.1) is 0 Å². The molecule has 2 amide bonds. The normalized spacial score (nSPS) is 24.5.